The second kappa shape index (κ2) is 7.24. The fourth-order valence-electron chi connectivity index (χ4n) is 3.13. The van der Waals surface area contributed by atoms with Crippen LogP contribution in [0.5, 0.6) is 23.0 Å². The first-order chi connectivity index (χ1) is 14.6. The Balaban J connectivity index is 1.35. The number of hydrogen-bond acceptors (Lipinski definition) is 6. The van der Waals surface area contributed by atoms with Gasteiger partial charge >= 0.3 is 5.97 Å². The van der Waals surface area contributed by atoms with Crippen LogP contribution in [0.2, 0.25) is 5.02 Å². The van der Waals surface area contributed by atoms with Crippen LogP contribution in [0, 0.1) is 0 Å². The quantitative estimate of drug-likeness (QED) is 0.341. The molecule has 2 aliphatic rings. The molecule has 3 aromatic rings. The molecule has 0 N–H and O–H groups in total. The van der Waals surface area contributed by atoms with Gasteiger partial charge in [0.05, 0.1) is 11.1 Å². The van der Waals surface area contributed by atoms with Gasteiger partial charge in [-0.3, -0.25) is 4.79 Å². The maximum atomic E-state index is 12.6. The fraction of sp³-hybridized carbons (Fsp3) is 0.0435. The smallest absolute Gasteiger partial charge is 0.343 e. The average Bonchev–Trinajstić information content (AvgIpc) is 3.33. The summed E-state index contributed by atoms with van der Waals surface area (Å²) >= 11 is 5.89. The number of benzene rings is 3. The van der Waals surface area contributed by atoms with Crippen molar-refractivity contribution in [2.45, 2.75) is 0 Å². The molecule has 3 aromatic carbocycles. The van der Waals surface area contributed by atoms with Crippen molar-refractivity contribution in [1.82, 2.24) is 0 Å². The van der Waals surface area contributed by atoms with E-state index in [0.29, 0.717) is 33.4 Å². The second-order valence-electron chi connectivity index (χ2n) is 6.61. The first-order valence-corrected chi connectivity index (χ1v) is 9.40. The van der Waals surface area contributed by atoms with Crippen LogP contribution in [0.4, 0.5) is 0 Å². The summed E-state index contributed by atoms with van der Waals surface area (Å²) < 4.78 is 21.6. The third-order valence-electron chi connectivity index (χ3n) is 4.63. The van der Waals surface area contributed by atoms with Gasteiger partial charge in [-0.2, -0.15) is 0 Å². The van der Waals surface area contributed by atoms with Crippen molar-refractivity contribution < 1.29 is 28.5 Å². The molecule has 0 fully saturated rings. The Hall–Kier alpha value is -3.77. The van der Waals surface area contributed by atoms with E-state index in [2.05, 4.69) is 0 Å². The standard InChI is InChI=1S/C23H13ClO6/c24-15-4-1-13(2-5-15)9-21-22(25)17-7-6-16(11-19(17)30-21)29-23(26)14-3-8-18-20(10-14)28-12-27-18/h1-11H,12H2/b21-9-. The van der Waals surface area contributed by atoms with Crippen molar-refractivity contribution in [3.05, 3.63) is 88.1 Å². The van der Waals surface area contributed by atoms with Crippen molar-refractivity contribution in [2.24, 2.45) is 0 Å². The van der Waals surface area contributed by atoms with Crippen LogP contribution in [-0.4, -0.2) is 18.5 Å². The average molecular weight is 421 g/mol. The molecule has 0 atom stereocenters. The van der Waals surface area contributed by atoms with Crippen LogP contribution in [0.3, 0.4) is 0 Å². The second-order valence-corrected chi connectivity index (χ2v) is 7.04. The van der Waals surface area contributed by atoms with Gasteiger partial charge in [0.2, 0.25) is 12.6 Å². The first kappa shape index (κ1) is 18.3. The molecule has 0 aliphatic carbocycles. The molecule has 0 radical (unpaired) electrons. The van der Waals surface area contributed by atoms with Crippen molar-refractivity contribution in [3.63, 3.8) is 0 Å². The lowest BCUT2D eigenvalue weighted by Crippen LogP contribution is -2.08. The summed E-state index contributed by atoms with van der Waals surface area (Å²) in [7, 11) is 0. The predicted molar refractivity (Wildman–Crippen MR) is 108 cm³/mol. The van der Waals surface area contributed by atoms with Crippen LogP contribution < -0.4 is 18.9 Å². The molecule has 6 nitrogen and oxygen atoms in total. The number of rotatable bonds is 3. The molecule has 2 heterocycles. The summed E-state index contributed by atoms with van der Waals surface area (Å²) in [6, 6.07) is 16.5. The Bertz CT molecular complexity index is 1210. The number of carbonyl (C=O) groups is 2. The maximum absolute atomic E-state index is 12.6. The molecule has 148 valence electrons. The summed E-state index contributed by atoms with van der Waals surface area (Å²) in [5.41, 5.74) is 1.50. The van der Waals surface area contributed by atoms with E-state index in [1.54, 1.807) is 60.7 Å². The van der Waals surface area contributed by atoms with E-state index in [1.165, 1.54) is 6.07 Å². The highest BCUT2D eigenvalue weighted by atomic mass is 35.5. The van der Waals surface area contributed by atoms with Crippen molar-refractivity contribution >= 4 is 29.4 Å². The fourth-order valence-corrected chi connectivity index (χ4v) is 3.26. The molecule has 0 aromatic heterocycles. The molecular formula is C23H13ClO6. The first-order valence-electron chi connectivity index (χ1n) is 9.02. The zero-order valence-electron chi connectivity index (χ0n) is 15.4. The molecule has 2 aliphatic heterocycles. The summed E-state index contributed by atoms with van der Waals surface area (Å²) in [6.07, 6.45) is 1.64. The van der Waals surface area contributed by atoms with E-state index in [-0.39, 0.29) is 24.1 Å². The number of hydrogen-bond donors (Lipinski definition) is 0. The van der Waals surface area contributed by atoms with E-state index in [1.807, 2.05) is 0 Å². The summed E-state index contributed by atoms with van der Waals surface area (Å²) in [5.74, 6) is 1.04. The number of carbonyl (C=O) groups excluding carboxylic acids is 2. The Labute approximate surface area is 176 Å². The number of esters is 1. The number of ether oxygens (including phenoxy) is 4. The third kappa shape index (κ3) is 3.38. The SMILES string of the molecule is O=C(Oc1ccc2c(c1)O/C(=C\c1ccc(Cl)cc1)C2=O)c1ccc2c(c1)OCO2. The molecule has 0 saturated heterocycles. The topological polar surface area (TPSA) is 71.1 Å². The largest absolute Gasteiger partial charge is 0.454 e. The van der Waals surface area contributed by atoms with Gasteiger partial charge in [-0.25, -0.2) is 4.79 Å². The zero-order chi connectivity index (χ0) is 20.7. The molecule has 0 unspecified atom stereocenters. The lowest BCUT2D eigenvalue weighted by atomic mass is 10.1. The zero-order valence-corrected chi connectivity index (χ0v) is 16.1. The van der Waals surface area contributed by atoms with Crippen LogP contribution in [0.1, 0.15) is 26.3 Å². The summed E-state index contributed by atoms with van der Waals surface area (Å²) in [4.78, 5) is 25.0. The van der Waals surface area contributed by atoms with Gasteiger partial charge in [0.1, 0.15) is 11.5 Å². The van der Waals surface area contributed by atoms with Gasteiger partial charge in [-0.1, -0.05) is 23.7 Å². The molecule has 7 heteroatoms. The van der Waals surface area contributed by atoms with Gasteiger partial charge in [-0.15, -0.1) is 0 Å². The molecule has 0 bridgehead atoms. The van der Waals surface area contributed by atoms with Gasteiger partial charge < -0.3 is 18.9 Å². The molecule has 0 amide bonds. The highest BCUT2D eigenvalue weighted by Gasteiger charge is 2.28. The highest BCUT2D eigenvalue weighted by molar-refractivity contribution is 6.30. The predicted octanol–water partition coefficient (Wildman–Crippen LogP) is 4.90. The van der Waals surface area contributed by atoms with E-state index in [9.17, 15) is 9.59 Å². The summed E-state index contributed by atoms with van der Waals surface area (Å²) in [6.45, 7) is 0.121. The molecule has 30 heavy (non-hydrogen) atoms. The van der Waals surface area contributed by atoms with E-state index in [0.717, 1.165) is 5.56 Å². The van der Waals surface area contributed by atoms with E-state index in [4.69, 9.17) is 30.5 Å². The molecular weight excluding hydrogens is 408 g/mol. The Morgan fingerprint density at radius 2 is 1.73 bits per heavy atom. The number of fused-ring (bicyclic) bond motifs is 2. The van der Waals surface area contributed by atoms with Crippen molar-refractivity contribution in [2.75, 3.05) is 6.79 Å². The van der Waals surface area contributed by atoms with Crippen LogP contribution >= 0.6 is 11.6 Å². The van der Waals surface area contributed by atoms with Gasteiger partial charge in [-0.05, 0) is 54.1 Å². The normalized spacial score (nSPS) is 15.1. The van der Waals surface area contributed by atoms with Crippen molar-refractivity contribution in [3.8, 4) is 23.0 Å². The summed E-state index contributed by atoms with van der Waals surface area (Å²) in [5, 5.41) is 0.605. The number of halogens is 1. The third-order valence-corrected chi connectivity index (χ3v) is 4.88. The Kier molecular flexibility index (Phi) is 4.41. The van der Waals surface area contributed by atoms with E-state index >= 15 is 0 Å². The van der Waals surface area contributed by atoms with Crippen LogP contribution in [-0.2, 0) is 0 Å². The lowest BCUT2D eigenvalue weighted by molar-refractivity contribution is 0.0734. The molecule has 0 saturated carbocycles. The number of ketones is 1. The number of Topliss-reactive ketones (excluding diaryl/α,β-unsaturated/α-hetero) is 1. The monoisotopic (exact) mass is 420 g/mol. The minimum Gasteiger partial charge on any atom is -0.454 e. The van der Waals surface area contributed by atoms with Crippen LogP contribution in [0.15, 0.2) is 66.4 Å². The van der Waals surface area contributed by atoms with Crippen molar-refractivity contribution in [1.29, 1.82) is 0 Å². The molecule has 0 spiro atoms. The maximum Gasteiger partial charge on any atom is 0.343 e. The van der Waals surface area contributed by atoms with Gasteiger partial charge in [0.25, 0.3) is 0 Å². The molecule has 5 rings (SSSR count). The lowest BCUT2D eigenvalue weighted by Gasteiger charge is -2.06. The minimum atomic E-state index is -0.561. The van der Waals surface area contributed by atoms with Gasteiger partial charge in [0, 0.05) is 11.1 Å². The minimum absolute atomic E-state index is 0.121. The van der Waals surface area contributed by atoms with Crippen LogP contribution in [0.25, 0.3) is 6.08 Å². The highest BCUT2D eigenvalue weighted by Crippen LogP contribution is 2.36. The number of allylic oxidation sites excluding steroid dienone is 1. The van der Waals surface area contributed by atoms with E-state index < -0.39 is 5.97 Å². The Morgan fingerprint density at radius 3 is 2.57 bits per heavy atom. The Morgan fingerprint density at radius 1 is 0.933 bits per heavy atom. The van der Waals surface area contributed by atoms with Gasteiger partial charge in [0.15, 0.2) is 17.3 Å².